The molecule has 0 aromatic heterocycles. The van der Waals surface area contributed by atoms with E-state index in [-0.39, 0.29) is 17.2 Å². The van der Waals surface area contributed by atoms with Gasteiger partial charge in [0.15, 0.2) is 0 Å². The monoisotopic (exact) mass is 440 g/mol. The van der Waals surface area contributed by atoms with Crippen LogP contribution in [-0.4, -0.2) is 50.3 Å². The van der Waals surface area contributed by atoms with E-state index in [0.717, 1.165) is 10.4 Å². The molecule has 2 aromatic carbocycles. The van der Waals surface area contributed by atoms with Crippen molar-refractivity contribution in [1.82, 2.24) is 9.62 Å². The second kappa shape index (κ2) is 10.3. The minimum Gasteiger partial charge on any atom is -0.465 e. The van der Waals surface area contributed by atoms with Crippen LogP contribution < -0.4 is 10.1 Å². The fraction of sp³-hybridized carbons (Fsp3) is 0.211. The maximum Gasteiger partial charge on any atom is 0.404 e. The van der Waals surface area contributed by atoms with Crippen molar-refractivity contribution in [1.29, 1.82) is 0 Å². The van der Waals surface area contributed by atoms with Crippen LogP contribution in [0.1, 0.15) is 0 Å². The summed E-state index contributed by atoms with van der Waals surface area (Å²) in [7, 11) is -0.608. The number of carbonyl (C=O) groups is 1. The van der Waals surface area contributed by atoms with Gasteiger partial charge in [0, 0.05) is 26.4 Å². The molecule has 0 saturated heterocycles. The van der Waals surface area contributed by atoms with Gasteiger partial charge in [-0.2, -0.15) is 0 Å². The number of carboxylic acid groups (broad SMARTS) is 1. The van der Waals surface area contributed by atoms with E-state index in [1.807, 2.05) is 0 Å². The average Bonchev–Trinajstić information content (AvgIpc) is 2.67. The van der Waals surface area contributed by atoms with E-state index >= 15 is 0 Å². The smallest absolute Gasteiger partial charge is 0.404 e. The van der Waals surface area contributed by atoms with E-state index in [1.165, 1.54) is 38.0 Å². The maximum absolute atomic E-state index is 13.8. The Bertz CT molecular complexity index is 976. The Hall–Kier alpha value is -2.56. The molecule has 0 spiro atoms. The van der Waals surface area contributed by atoms with Gasteiger partial charge in [0.1, 0.15) is 17.3 Å². The van der Waals surface area contributed by atoms with Crippen molar-refractivity contribution in [2.24, 2.45) is 0 Å². The van der Waals surface area contributed by atoms with E-state index in [2.05, 4.69) is 5.32 Å². The summed E-state index contributed by atoms with van der Waals surface area (Å²) in [6.45, 7) is -0.109. The average molecular weight is 441 g/mol. The summed E-state index contributed by atoms with van der Waals surface area (Å²) in [5, 5.41) is 10.5. The van der Waals surface area contributed by atoms with Gasteiger partial charge in [-0.05, 0) is 42.5 Å². The predicted molar refractivity (Wildman–Crippen MR) is 110 cm³/mol. The Kier molecular flexibility index (Phi) is 8.06. The molecule has 0 aliphatic rings. The number of para-hydroxylation sites is 1. The molecule has 0 fully saturated rings. The van der Waals surface area contributed by atoms with Crippen LogP contribution in [0, 0.1) is 0 Å². The highest BCUT2D eigenvalue weighted by molar-refractivity contribution is 7.99. The molecule has 0 aliphatic carbocycles. The zero-order chi connectivity index (χ0) is 21.4. The van der Waals surface area contributed by atoms with Gasteiger partial charge in [-0.25, -0.2) is 21.9 Å². The van der Waals surface area contributed by atoms with Crippen LogP contribution in [0.15, 0.2) is 70.2 Å². The molecule has 0 radical (unpaired) electrons. The molecule has 1 amide bonds. The second-order valence-corrected chi connectivity index (χ2v) is 9.10. The number of sulfonamides is 1. The number of hydrogen-bond acceptors (Lipinski definition) is 5. The number of amides is 1. The number of halogens is 1. The minimum absolute atomic E-state index is 0.0156. The third kappa shape index (κ3) is 6.77. The van der Waals surface area contributed by atoms with E-state index < -0.39 is 21.9 Å². The summed E-state index contributed by atoms with van der Waals surface area (Å²) in [6.07, 6.45) is -0.0565. The van der Waals surface area contributed by atoms with Gasteiger partial charge in [-0.15, -0.1) is 11.8 Å². The van der Waals surface area contributed by atoms with Crippen molar-refractivity contribution in [3.05, 3.63) is 60.4 Å². The Balaban J connectivity index is 2.06. The van der Waals surface area contributed by atoms with Gasteiger partial charge in [0.05, 0.1) is 9.79 Å². The van der Waals surface area contributed by atoms with Crippen LogP contribution in [0.3, 0.4) is 0 Å². The minimum atomic E-state index is -3.52. The van der Waals surface area contributed by atoms with E-state index in [9.17, 15) is 17.6 Å². The Labute approximate surface area is 173 Å². The number of thioether (sulfide) groups is 1. The molecule has 10 heteroatoms. The number of nitrogens with zero attached hydrogens (tertiary/aromatic N) is 1. The first kappa shape index (κ1) is 22.7. The number of rotatable bonds is 9. The molecule has 2 aromatic rings. The van der Waals surface area contributed by atoms with Gasteiger partial charge in [0.25, 0.3) is 0 Å². The highest BCUT2D eigenvalue weighted by atomic mass is 32.2. The highest BCUT2D eigenvalue weighted by Crippen LogP contribution is 2.34. The van der Waals surface area contributed by atoms with Gasteiger partial charge >= 0.3 is 6.09 Å². The van der Waals surface area contributed by atoms with Crippen molar-refractivity contribution in [3.63, 3.8) is 0 Å². The summed E-state index contributed by atoms with van der Waals surface area (Å²) in [5.41, 5.74) is 0. The molecule has 156 valence electrons. The summed E-state index contributed by atoms with van der Waals surface area (Å²) < 4.78 is 45.0. The molecule has 0 saturated carbocycles. The predicted octanol–water partition coefficient (Wildman–Crippen LogP) is 3.94. The molecule has 0 heterocycles. The van der Waals surface area contributed by atoms with Crippen molar-refractivity contribution in [2.75, 3.05) is 26.4 Å². The molecule has 2 N–H and O–H groups in total. The molecule has 7 nitrogen and oxygen atoms in total. The van der Waals surface area contributed by atoms with Gasteiger partial charge < -0.3 is 15.2 Å². The fourth-order valence-electron chi connectivity index (χ4n) is 2.13. The Morgan fingerprint density at radius 2 is 1.86 bits per heavy atom. The van der Waals surface area contributed by atoms with Gasteiger partial charge in [-0.3, -0.25) is 0 Å². The first-order valence-corrected chi connectivity index (χ1v) is 10.9. The molecule has 29 heavy (non-hydrogen) atoms. The van der Waals surface area contributed by atoms with Crippen molar-refractivity contribution in [3.8, 4) is 11.5 Å². The molecular weight excluding hydrogens is 419 g/mol. The van der Waals surface area contributed by atoms with Crippen LogP contribution >= 0.6 is 11.8 Å². The summed E-state index contributed by atoms with van der Waals surface area (Å²) >= 11 is 1.20. The largest absolute Gasteiger partial charge is 0.465 e. The Morgan fingerprint density at radius 1 is 1.21 bits per heavy atom. The SMILES string of the molecule is CN(C)S(=O)(=O)c1ccc(Oc2ccccc2SCC(F)=CCNC(=O)O)cc1. The molecule has 2 rings (SSSR count). The molecular formula is C19H21FN2O5S2. The first-order valence-electron chi connectivity index (χ1n) is 8.43. The number of hydrogen-bond donors (Lipinski definition) is 2. The number of ether oxygens (including phenoxy) is 1. The lowest BCUT2D eigenvalue weighted by molar-refractivity contribution is 0.195. The first-order chi connectivity index (χ1) is 13.7. The lowest BCUT2D eigenvalue weighted by atomic mass is 10.3. The summed E-state index contributed by atoms with van der Waals surface area (Å²) in [5.74, 6) is 0.494. The Morgan fingerprint density at radius 3 is 2.48 bits per heavy atom. The topological polar surface area (TPSA) is 95.9 Å². The molecule has 0 bridgehead atoms. The van der Waals surface area contributed by atoms with Crippen LogP contribution in [0.5, 0.6) is 11.5 Å². The zero-order valence-electron chi connectivity index (χ0n) is 15.8. The van der Waals surface area contributed by atoms with E-state index in [1.54, 1.807) is 36.4 Å². The summed E-state index contributed by atoms with van der Waals surface area (Å²) in [4.78, 5) is 11.2. The van der Waals surface area contributed by atoms with Crippen molar-refractivity contribution >= 4 is 27.9 Å². The molecule has 0 aliphatic heterocycles. The third-order valence-electron chi connectivity index (χ3n) is 3.62. The lowest BCUT2D eigenvalue weighted by Crippen LogP contribution is -2.22. The number of nitrogens with one attached hydrogen (secondary N) is 1. The van der Waals surface area contributed by atoms with E-state index in [0.29, 0.717) is 16.4 Å². The maximum atomic E-state index is 13.8. The fourth-order valence-corrected chi connectivity index (χ4v) is 3.87. The third-order valence-corrected chi connectivity index (χ3v) is 6.52. The molecule has 0 unspecified atom stereocenters. The number of benzene rings is 2. The van der Waals surface area contributed by atoms with Crippen LogP contribution in [0.4, 0.5) is 9.18 Å². The van der Waals surface area contributed by atoms with Gasteiger partial charge in [-0.1, -0.05) is 12.1 Å². The van der Waals surface area contributed by atoms with Crippen LogP contribution in [-0.2, 0) is 10.0 Å². The van der Waals surface area contributed by atoms with Gasteiger partial charge in [0.2, 0.25) is 10.0 Å². The van der Waals surface area contributed by atoms with Crippen LogP contribution in [0.25, 0.3) is 0 Å². The van der Waals surface area contributed by atoms with E-state index in [4.69, 9.17) is 9.84 Å². The highest BCUT2D eigenvalue weighted by Gasteiger charge is 2.17. The lowest BCUT2D eigenvalue weighted by Gasteiger charge is -2.13. The standard InChI is InChI=1S/C19H21FN2O5S2/c1-22(2)29(25,26)16-9-7-15(8-10-16)27-17-5-3-4-6-18(17)28-13-14(20)11-12-21-19(23)24/h3-11,21H,12-13H2,1-2H3,(H,23,24). The zero-order valence-corrected chi connectivity index (χ0v) is 17.5. The van der Waals surface area contributed by atoms with Crippen molar-refractivity contribution in [2.45, 2.75) is 9.79 Å². The molecule has 0 atom stereocenters. The van der Waals surface area contributed by atoms with Crippen LogP contribution in [0.2, 0.25) is 0 Å². The normalized spacial score (nSPS) is 12.1. The quantitative estimate of drug-likeness (QED) is 0.574. The van der Waals surface area contributed by atoms with Crippen molar-refractivity contribution < 1.29 is 27.4 Å². The second-order valence-electron chi connectivity index (χ2n) is 5.93. The summed E-state index contributed by atoms with van der Waals surface area (Å²) in [6, 6.07) is 13.1.